The van der Waals surface area contributed by atoms with Crippen LogP contribution in [0.15, 0.2) is 36.8 Å². The second-order valence-electron chi connectivity index (χ2n) is 6.41. The van der Waals surface area contributed by atoms with Crippen molar-refractivity contribution < 1.29 is 9.18 Å². The fourth-order valence-electron chi connectivity index (χ4n) is 3.13. The van der Waals surface area contributed by atoms with Gasteiger partial charge in [-0.25, -0.2) is 14.4 Å². The minimum atomic E-state index is -0.238. The molecule has 132 valence electrons. The van der Waals surface area contributed by atoms with Crippen molar-refractivity contribution in [3.63, 3.8) is 0 Å². The Balaban J connectivity index is 1.56. The van der Waals surface area contributed by atoms with E-state index in [1.807, 2.05) is 11.1 Å². The molecule has 1 atom stereocenters. The highest BCUT2D eigenvalue weighted by molar-refractivity contribution is 5.80. The molecule has 0 spiro atoms. The molecule has 1 aliphatic rings. The van der Waals surface area contributed by atoms with Gasteiger partial charge < -0.3 is 10.2 Å². The van der Waals surface area contributed by atoms with E-state index in [1.54, 1.807) is 12.1 Å². The quantitative estimate of drug-likeness (QED) is 0.841. The third-order valence-corrected chi connectivity index (χ3v) is 4.45. The second-order valence-corrected chi connectivity index (χ2v) is 6.41. The Morgan fingerprint density at radius 1 is 1.28 bits per heavy atom. The van der Waals surface area contributed by atoms with Gasteiger partial charge in [0.15, 0.2) is 0 Å². The summed E-state index contributed by atoms with van der Waals surface area (Å²) in [5.41, 5.74) is 2.12. The summed E-state index contributed by atoms with van der Waals surface area (Å²) in [6.07, 6.45) is 6.51. The smallest absolute Gasteiger partial charge is 0.224 e. The third kappa shape index (κ3) is 4.53. The monoisotopic (exact) mass is 342 g/mol. The van der Waals surface area contributed by atoms with E-state index in [4.69, 9.17) is 0 Å². The zero-order valence-electron chi connectivity index (χ0n) is 14.4. The van der Waals surface area contributed by atoms with Crippen molar-refractivity contribution in [3.05, 3.63) is 53.7 Å². The van der Waals surface area contributed by atoms with E-state index in [0.717, 1.165) is 36.2 Å². The summed E-state index contributed by atoms with van der Waals surface area (Å²) in [5, 5.41) is 3.40. The average Bonchev–Trinajstić information content (AvgIpc) is 2.96. The Bertz CT molecular complexity index is 720. The molecule has 1 fully saturated rings. The number of amides is 1. The second kappa shape index (κ2) is 8.05. The minimum Gasteiger partial charge on any atom is -0.365 e. The number of carbonyl (C=O) groups is 1. The lowest BCUT2D eigenvalue weighted by Crippen LogP contribution is -2.30. The maximum atomic E-state index is 13.0. The summed E-state index contributed by atoms with van der Waals surface area (Å²) in [4.78, 5) is 22.5. The lowest BCUT2D eigenvalue weighted by atomic mass is 10.1. The molecule has 3 rings (SSSR count). The first-order valence-corrected chi connectivity index (χ1v) is 8.73. The standard InChI is InChI=1S/C19H23FN4O/c1-2-3-15-11-21-13-22-19(15)23-17-10-18(25)24(12-17)9-8-14-4-6-16(20)7-5-14/h4-7,11,13,17H,2-3,8-10,12H2,1H3,(H,21,22,23)/t17-/m1/s1. The largest absolute Gasteiger partial charge is 0.365 e. The van der Waals surface area contributed by atoms with Crippen molar-refractivity contribution in [2.75, 3.05) is 18.4 Å². The summed E-state index contributed by atoms with van der Waals surface area (Å²) >= 11 is 0. The molecule has 0 radical (unpaired) electrons. The number of halogens is 1. The molecular formula is C19H23FN4O. The Kier molecular flexibility index (Phi) is 5.58. The zero-order valence-corrected chi connectivity index (χ0v) is 14.4. The number of nitrogens with one attached hydrogen (secondary N) is 1. The van der Waals surface area contributed by atoms with Gasteiger partial charge in [-0.3, -0.25) is 4.79 Å². The lowest BCUT2D eigenvalue weighted by Gasteiger charge is -2.18. The van der Waals surface area contributed by atoms with Gasteiger partial charge in [0.25, 0.3) is 0 Å². The van der Waals surface area contributed by atoms with Gasteiger partial charge in [-0.1, -0.05) is 25.5 Å². The van der Waals surface area contributed by atoms with E-state index in [1.165, 1.54) is 18.5 Å². The lowest BCUT2D eigenvalue weighted by molar-refractivity contribution is -0.127. The molecule has 1 aliphatic heterocycles. The molecule has 1 N–H and O–H groups in total. The molecule has 1 amide bonds. The number of rotatable bonds is 7. The summed E-state index contributed by atoms with van der Waals surface area (Å²) in [5.74, 6) is 0.735. The van der Waals surface area contributed by atoms with Gasteiger partial charge in [0, 0.05) is 31.3 Å². The first kappa shape index (κ1) is 17.3. The Labute approximate surface area is 147 Å². The molecule has 1 aromatic heterocycles. The molecule has 0 bridgehead atoms. The number of hydrogen-bond donors (Lipinski definition) is 1. The number of aryl methyl sites for hydroxylation is 1. The van der Waals surface area contributed by atoms with Gasteiger partial charge in [0.2, 0.25) is 5.91 Å². The highest BCUT2D eigenvalue weighted by Gasteiger charge is 2.29. The normalized spacial score (nSPS) is 17.1. The Hall–Kier alpha value is -2.50. The Morgan fingerprint density at radius 3 is 2.84 bits per heavy atom. The number of anilines is 1. The van der Waals surface area contributed by atoms with Crippen LogP contribution in [0.4, 0.5) is 10.2 Å². The van der Waals surface area contributed by atoms with Gasteiger partial charge in [-0.15, -0.1) is 0 Å². The van der Waals surface area contributed by atoms with E-state index in [0.29, 0.717) is 19.5 Å². The van der Waals surface area contributed by atoms with Crippen LogP contribution >= 0.6 is 0 Å². The van der Waals surface area contributed by atoms with Crippen LogP contribution in [0.1, 0.15) is 30.9 Å². The van der Waals surface area contributed by atoms with Gasteiger partial charge in [0.1, 0.15) is 18.0 Å². The molecule has 0 unspecified atom stereocenters. The number of benzene rings is 1. The summed E-state index contributed by atoms with van der Waals surface area (Å²) in [6, 6.07) is 6.50. The predicted molar refractivity (Wildman–Crippen MR) is 94.7 cm³/mol. The average molecular weight is 342 g/mol. The summed E-state index contributed by atoms with van der Waals surface area (Å²) in [6.45, 7) is 3.43. The van der Waals surface area contributed by atoms with E-state index < -0.39 is 0 Å². The minimum absolute atomic E-state index is 0.0613. The third-order valence-electron chi connectivity index (χ3n) is 4.45. The molecular weight excluding hydrogens is 319 g/mol. The molecule has 1 aromatic carbocycles. The van der Waals surface area contributed by atoms with E-state index >= 15 is 0 Å². The first-order valence-electron chi connectivity index (χ1n) is 8.73. The first-order chi connectivity index (χ1) is 12.2. The van der Waals surface area contributed by atoms with Crippen LogP contribution in [0.25, 0.3) is 0 Å². The SMILES string of the molecule is CCCc1cncnc1N[C@@H]1CC(=O)N(CCc2ccc(F)cc2)C1. The van der Waals surface area contributed by atoms with Crippen LogP contribution in [0.2, 0.25) is 0 Å². The highest BCUT2D eigenvalue weighted by atomic mass is 19.1. The van der Waals surface area contributed by atoms with Crippen molar-refractivity contribution in [1.29, 1.82) is 0 Å². The van der Waals surface area contributed by atoms with Crippen LogP contribution in [0, 0.1) is 5.82 Å². The van der Waals surface area contributed by atoms with Crippen LogP contribution in [0.3, 0.4) is 0 Å². The summed E-state index contributed by atoms with van der Waals surface area (Å²) in [7, 11) is 0. The Morgan fingerprint density at radius 2 is 2.08 bits per heavy atom. The van der Waals surface area contributed by atoms with E-state index in [9.17, 15) is 9.18 Å². The van der Waals surface area contributed by atoms with Crippen molar-refractivity contribution in [2.45, 2.75) is 38.6 Å². The number of carbonyl (C=O) groups excluding carboxylic acids is 1. The molecule has 0 saturated carbocycles. The molecule has 5 nitrogen and oxygen atoms in total. The van der Waals surface area contributed by atoms with Crippen molar-refractivity contribution in [2.24, 2.45) is 0 Å². The molecule has 2 heterocycles. The number of likely N-dealkylation sites (tertiary alicyclic amines) is 1. The zero-order chi connectivity index (χ0) is 17.6. The van der Waals surface area contributed by atoms with Crippen molar-refractivity contribution in [3.8, 4) is 0 Å². The van der Waals surface area contributed by atoms with Crippen LogP contribution in [-0.2, 0) is 17.6 Å². The van der Waals surface area contributed by atoms with Crippen LogP contribution in [-0.4, -0.2) is 39.9 Å². The fraction of sp³-hybridized carbons (Fsp3) is 0.421. The molecule has 25 heavy (non-hydrogen) atoms. The van der Waals surface area contributed by atoms with Gasteiger partial charge in [-0.05, 0) is 30.5 Å². The van der Waals surface area contributed by atoms with Gasteiger partial charge >= 0.3 is 0 Å². The maximum Gasteiger partial charge on any atom is 0.224 e. The molecule has 2 aromatic rings. The van der Waals surface area contributed by atoms with E-state index in [2.05, 4.69) is 22.2 Å². The number of nitrogens with zero attached hydrogens (tertiary/aromatic N) is 3. The maximum absolute atomic E-state index is 13.0. The fourth-order valence-corrected chi connectivity index (χ4v) is 3.13. The van der Waals surface area contributed by atoms with Gasteiger partial charge in [-0.2, -0.15) is 0 Å². The van der Waals surface area contributed by atoms with Gasteiger partial charge in [0.05, 0.1) is 6.04 Å². The van der Waals surface area contributed by atoms with Crippen LogP contribution < -0.4 is 5.32 Å². The molecule has 1 saturated heterocycles. The number of hydrogen-bond acceptors (Lipinski definition) is 4. The predicted octanol–water partition coefficient (Wildman–Crippen LogP) is 2.82. The highest BCUT2D eigenvalue weighted by Crippen LogP contribution is 2.19. The topological polar surface area (TPSA) is 58.1 Å². The van der Waals surface area contributed by atoms with Crippen molar-refractivity contribution >= 4 is 11.7 Å². The van der Waals surface area contributed by atoms with Crippen molar-refractivity contribution in [1.82, 2.24) is 14.9 Å². The summed E-state index contributed by atoms with van der Waals surface area (Å²) < 4.78 is 13.0. The van der Waals surface area contributed by atoms with E-state index in [-0.39, 0.29) is 17.8 Å². The van der Waals surface area contributed by atoms with Crippen LogP contribution in [0.5, 0.6) is 0 Å². The molecule has 0 aliphatic carbocycles. The number of aromatic nitrogens is 2. The molecule has 6 heteroatoms.